The number of sulfonamides is 1. The molecule has 0 saturated heterocycles. The molecular formula is C34H35Cl2N3O5S. The predicted molar refractivity (Wildman–Crippen MR) is 177 cm³/mol. The fourth-order valence-electron chi connectivity index (χ4n) is 4.77. The fourth-order valence-corrected chi connectivity index (χ4v) is 5.97. The van der Waals surface area contributed by atoms with E-state index >= 15 is 0 Å². The van der Waals surface area contributed by atoms with Crippen molar-refractivity contribution in [3.05, 3.63) is 135 Å². The summed E-state index contributed by atoms with van der Waals surface area (Å²) in [5.41, 5.74) is 2.96. The molecule has 4 aromatic rings. The lowest BCUT2D eigenvalue weighted by molar-refractivity contribution is -0.141. The Morgan fingerprint density at radius 2 is 1.42 bits per heavy atom. The summed E-state index contributed by atoms with van der Waals surface area (Å²) in [7, 11) is -2.23. The Bertz CT molecular complexity index is 1690. The van der Waals surface area contributed by atoms with E-state index in [1.807, 2.05) is 48.5 Å². The Labute approximate surface area is 274 Å². The van der Waals surface area contributed by atoms with Crippen molar-refractivity contribution >= 4 is 45.0 Å². The molecule has 45 heavy (non-hydrogen) atoms. The van der Waals surface area contributed by atoms with Crippen molar-refractivity contribution < 1.29 is 22.7 Å². The maximum Gasteiger partial charge on any atom is 0.243 e. The van der Waals surface area contributed by atoms with E-state index in [2.05, 4.69) is 5.32 Å². The van der Waals surface area contributed by atoms with Gasteiger partial charge in [-0.3, -0.25) is 9.59 Å². The summed E-state index contributed by atoms with van der Waals surface area (Å²) < 4.78 is 32.2. The minimum Gasteiger partial charge on any atom is -0.497 e. The Morgan fingerprint density at radius 3 is 2.00 bits per heavy atom. The van der Waals surface area contributed by atoms with E-state index in [0.29, 0.717) is 21.4 Å². The van der Waals surface area contributed by atoms with Crippen molar-refractivity contribution in [2.75, 3.05) is 19.9 Å². The van der Waals surface area contributed by atoms with Gasteiger partial charge in [-0.1, -0.05) is 102 Å². The van der Waals surface area contributed by atoms with Crippen LogP contribution < -0.4 is 10.1 Å². The van der Waals surface area contributed by atoms with Crippen molar-refractivity contribution in [2.45, 2.75) is 32.1 Å². The molecule has 1 N–H and O–H groups in total. The molecule has 8 nitrogen and oxygen atoms in total. The maximum absolute atomic E-state index is 14.2. The topological polar surface area (TPSA) is 96.0 Å². The molecule has 0 radical (unpaired) electrons. The van der Waals surface area contributed by atoms with Crippen LogP contribution in [0.25, 0.3) is 0 Å². The summed E-state index contributed by atoms with van der Waals surface area (Å²) in [6.07, 6.45) is 1.27. The smallest absolute Gasteiger partial charge is 0.243 e. The Kier molecular flexibility index (Phi) is 12.0. The lowest BCUT2D eigenvalue weighted by Crippen LogP contribution is -2.53. The number of hydrogen-bond acceptors (Lipinski definition) is 5. The number of methoxy groups -OCH3 is 1. The second kappa shape index (κ2) is 15.9. The minimum atomic E-state index is -3.79. The monoisotopic (exact) mass is 667 g/mol. The molecular weight excluding hydrogens is 633 g/mol. The third-order valence-corrected chi connectivity index (χ3v) is 9.02. The van der Waals surface area contributed by atoms with Gasteiger partial charge in [-0.05, 0) is 46.5 Å². The van der Waals surface area contributed by atoms with Crippen LogP contribution >= 0.6 is 23.2 Å². The molecule has 0 aliphatic rings. The van der Waals surface area contributed by atoms with Crippen molar-refractivity contribution in [1.82, 2.24) is 14.5 Å². The van der Waals surface area contributed by atoms with E-state index in [1.54, 1.807) is 61.7 Å². The van der Waals surface area contributed by atoms with Gasteiger partial charge >= 0.3 is 0 Å². The van der Waals surface area contributed by atoms with Gasteiger partial charge in [0.2, 0.25) is 21.8 Å². The summed E-state index contributed by atoms with van der Waals surface area (Å²) in [5.74, 6) is -0.297. The summed E-state index contributed by atoms with van der Waals surface area (Å²) in [4.78, 5) is 29.6. The number of halogens is 2. The average Bonchev–Trinajstić information content (AvgIpc) is 3.02. The lowest BCUT2D eigenvalue weighted by atomic mass is 10.0. The number of benzene rings is 4. The van der Waals surface area contributed by atoms with Gasteiger partial charge in [0.1, 0.15) is 11.8 Å². The Hall–Kier alpha value is -3.89. The molecule has 11 heteroatoms. The quantitative estimate of drug-likeness (QED) is 0.186. The molecule has 0 saturated carbocycles. The number of carbonyl (C=O) groups excluding carboxylic acids is 2. The van der Waals surface area contributed by atoms with Crippen LogP contribution in [-0.2, 0) is 45.7 Å². The zero-order valence-electron chi connectivity index (χ0n) is 25.0. The first kappa shape index (κ1) is 34.0. The summed E-state index contributed by atoms with van der Waals surface area (Å²) >= 11 is 12.4. The van der Waals surface area contributed by atoms with E-state index in [0.717, 1.165) is 27.3 Å². The number of rotatable bonds is 14. The molecule has 0 heterocycles. The standard InChI is InChI=1S/C34H35Cl2N3O5S/c1-44-30-17-13-27(14-18-30)23-39(33(40)24-38(45(2,42)43)22-26-11-7-4-8-12-26)32(19-25-9-5-3-6-10-25)34(41)37-21-28-15-16-29(35)20-31(28)36/h3-18,20,32H,19,21-24H2,1-2H3,(H,37,41)/t32-/m0/s1. The highest BCUT2D eigenvalue weighted by Gasteiger charge is 2.33. The van der Waals surface area contributed by atoms with Crippen LogP contribution in [0.3, 0.4) is 0 Å². The van der Waals surface area contributed by atoms with Gasteiger partial charge in [-0.2, -0.15) is 4.31 Å². The van der Waals surface area contributed by atoms with Crippen LogP contribution in [0.4, 0.5) is 0 Å². The number of nitrogens with one attached hydrogen (secondary N) is 1. The second-order valence-corrected chi connectivity index (χ2v) is 13.4. The molecule has 0 bridgehead atoms. The highest BCUT2D eigenvalue weighted by Crippen LogP contribution is 2.22. The van der Waals surface area contributed by atoms with Gasteiger partial charge in [0.05, 0.1) is 19.9 Å². The van der Waals surface area contributed by atoms with Crippen LogP contribution in [0.15, 0.2) is 103 Å². The summed E-state index contributed by atoms with van der Waals surface area (Å²) in [6.45, 7) is -0.287. The zero-order valence-corrected chi connectivity index (χ0v) is 27.4. The molecule has 0 aliphatic carbocycles. The van der Waals surface area contributed by atoms with Crippen molar-refractivity contribution in [2.24, 2.45) is 0 Å². The van der Waals surface area contributed by atoms with Crippen molar-refractivity contribution in [1.29, 1.82) is 0 Å². The van der Waals surface area contributed by atoms with Crippen LogP contribution in [0, 0.1) is 0 Å². The Morgan fingerprint density at radius 1 is 0.822 bits per heavy atom. The van der Waals surface area contributed by atoms with Crippen LogP contribution in [0.2, 0.25) is 10.0 Å². The normalized spacial score (nSPS) is 12.0. The number of hydrogen-bond donors (Lipinski definition) is 1. The van der Waals surface area contributed by atoms with E-state index in [4.69, 9.17) is 27.9 Å². The summed E-state index contributed by atoms with van der Waals surface area (Å²) in [5, 5.41) is 3.80. The zero-order chi connectivity index (χ0) is 32.4. The SMILES string of the molecule is COc1ccc(CN(C(=O)CN(Cc2ccccc2)S(C)(=O)=O)[C@@H](Cc2ccccc2)C(=O)NCc2ccc(Cl)cc2Cl)cc1. The highest BCUT2D eigenvalue weighted by molar-refractivity contribution is 7.88. The van der Waals surface area contributed by atoms with E-state index in [1.165, 1.54) is 4.90 Å². The first-order valence-electron chi connectivity index (χ1n) is 14.2. The lowest BCUT2D eigenvalue weighted by Gasteiger charge is -2.33. The first-order chi connectivity index (χ1) is 21.5. The van der Waals surface area contributed by atoms with E-state index in [-0.39, 0.29) is 26.1 Å². The molecule has 1 atom stereocenters. The van der Waals surface area contributed by atoms with E-state index < -0.39 is 34.4 Å². The maximum atomic E-state index is 14.2. The third kappa shape index (κ3) is 10.1. The molecule has 4 rings (SSSR count). The highest BCUT2D eigenvalue weighted by atomic mass is 35.5. The minimum absolute atomic E-state index is 0.00635. The molecule has 0 fully saturated rings. The van der Waals surface area contributed by atoms with Gasteiger partial charge in [0, 0.05) is 36.1 Å². The number of ether oxygens (including phenoxy) is 1. The third-order valence-electron chi connectivity index (χ3n) is 7.23. The van der Waals surface area contributed by atoms with Gasteiger partial charge in [-0.25, -0.2) is 8.42 Å². The molecule has 0 aliphatic heterocycles. The molecule has 0 unspecified atom stereocenters. The number of carbonyl (C=O) groups is 2. The Balaban J connectivity index is 1.69. The molecule has 0 spiro atoms. The number of nitrogens with zero attached hydrogens (tertiary/aromatic N) is 2. The average molecular weight is 669 g/mol. The fraction of sp³-hybridized carbons (Fsp3) is 0.235. The van der Waals surface area contributed by atoms with E-state index in [9.17, 15) is 18.0 Å². The predicted octanol–water partition coefficient (Wildman–Crippen LogP) is 5.72. The molecule has 236 valence electrons. The van der Waals surface area contributed by atoms with Gasteiger partial charge < -0.3 is 15.0 Å². The van der Waals surface area contributed by atoms with Gasteiger partial charge in [0.15, 0.2) is 0 Å². The first-order valence-corrected chi connectivity index (χ1v) is 16.8. The van der Waals surface area contributed by atoms with Gasteiger partial charge in [-0.15, -0.1) is 0 Å². The second-order valence-electron chi connectivity index (χ2n) is 10.5. The van der Waals surface area contributed by atoms with Crippen LogP contribution in [0.1, 0.15) is 22.3 Å². The number of amides is 2. The van der Waals surface area contributed by atoms with Crippen molar-refractivity contribution in [3.63, 3.8) is 0 Å². The molecule has 0 aromatic heterocycles. The van der Waals surface area contributed by atoms with Crippen LogP contribution in [-0.4, -0.2) is 55.4 Å². The largest absolute Gasteiger partial charge is 0.497 e. The molecule has 2 amide bonds. The summed E-state index contributed by atoms with van der Waals surface area (Å²) in [6, 6.07) is 29.6. The van der Waals surface area contributed by atoms with Crippen molar-refractivity contribution in [3.8, 4) is 5.75 Å². The molecule has 4 aromatic carbocycles. The van der Waals surface area contributed by atoms with Crippen LogP contribution in [0.5, 0.6) is 5.75 Å². The van der Waals surface area contributed by atoms with Gasteiger partial charge in [0.25, 0.3) is 0 Å².